The number of methoxy groups -OCH3 is 1. The van der Waals surface area contributed by atoms with Gasteiger partial charge in [-0.05, 0) is 65.7 Å². The van der Waals surface area contributed by atoms with Gasteiger partial charge in [0, 0.05) is 5.69 Å². The quantitative estimate of drug-likeness (QED) is 0.328. The SMILES string of the molecule is CCOC(=O)C1=C(Nc2ccccc2)O/C(=C\c2cc(Br)c(OCC)c(OC)c2)C1=O. The Morgan fingerprint density at radius 2 is 1.90 bits per heavy atom. The van der Waals surface area contributed by atoms with Crippen molar-refractivity contribution in [3.63, 3.8) is 0 Å². The van der Waals surface area contributed by atoms with Crippen molar-refractivity contribution in [2.24, 2.45) is 0 Å². The Morgan fingerprint density at radius 1 is 1.16 bits per heavy atom. The van der Waals surface area contributed by atoms with Gasteiger partial charge in [-0.1, -0.05) is 18.2 Å². The Morgan fingerprint density at radius 3 is 2.55 bits per heavy atom. The van der Waals surface area contributed by atoms with E-state index in [-0.39, 0.29) is 23.8 Å². The molecule has 2 aromatic rings. The Bertz CT molecular complexity index is 1050. The number of Topliss-reactive ketones (excluding diaryl/α,β-unsaturated/α-hetero) is 1. The molecule has 0 aliphatic carbocycles. The molecule has 0 unspecified atom stereocenters. The van der Waals surface area contributed by atoms with E-state index in [9.17, 15) is 9.59 Å². The zero-order chi connectivity index (χ0) is 22.4. The van der Waals surface area contributed by atoms with Crippen molar-refractivity contribution in [3.8, 4) is 11.5 Å². The predicted molar refractivity (Wildman–Crippen MR) is 120 cm³/mol. The molecule has 0 radical (unpaired) electrons. The maximum Gasteiger partial charge on any atom is 0.347 e. The van der Waals surface area contributed by atoms with E-state index in [1.807, 2.05) is 25.1 Å². The van der Waals surface area contributed by atoms with E-state index < -0.39 is 11.8 Å². The van der Waals surface area contributed by atoms with Gasteiger partial charge in [0.2, 0.25) is 11.7 Å². The van der Waals surface area contributed by atoms with Crippen LogP contribution in [0.2, 0.25) is 0 Å². The third-order valence-electron chi connectivity index (χ3n) is 4.24. The highest BCUT2D eigenvalue weighted by Gasteiger charge is 2.37. The lowest BCUT2D eigenvalue weighted by atomic mass is 10.1. The fourth-order valence-electron chi connectivity index (χ4n) is 2.92. The van der Waals surface area contributed by atoms with Crippen LogP contribution in [0.4, 0.5) is 5.69 Å². The summed E-state index contributed by atoms with van der Waals surface area (Å²) in [6, 6.07) is 12.6. The maximum atomic E-state index is 13.0. The number of ether oxygens (including phenoxy) is 4. The topological polar surface area (TPSA) is 83.1 Å². The van der Waals surface area contributed by atoms with Crippen LogP contribution in [0.5, 0.6) is 11.5 Å². The summed E-state index contributed by atoms with van der Waals surface area (Å²) in [5.41, 5.74) is 1.10. The molecule has 0 spiro atoms. The molecule has 8 heteroatoms. The molecule has 7 nitrogen and oxygen atoms in total. The van der Waals surface area contributed by atoms with E-state index in [0.717, 1.165) is 0 Å². The lowest BCUT2D eigenvalue weighted by Gasteiger charge is -2.12. The molecule has 1 N–H and O–H groups in total. The zero-order valence-electron chi connectivity index (χ0n) is 17.4. The molecule has 0 atom stereocenters. The first-order chi connectivity index (χ1) is 15.0. The highest BCUT2D eigenvalue weighted by molar-refractivity contribution is 9.10. The number of carbonyl (C=O) groups is 2. The van der Waals surface area contributed by atoms with Crippen molar-refractivity contribution in [1.82, 2.24) is 0 Å². The van der Waals surface area contributed by atoms with E-state index in [0.29, 0.717) is 33.8 Å². The third-order valence-corrected chi connectivity index (χ3v) is 4.83. The van der Waals surface area contributed by atoms with Gasteiger partial charge in [-0.3, -0.25) is 4.79 Å². The number of hydrogen-bond donors (Lipinski definition) is 1. The van der Waals surface area contributed by atoms with Crippen molar-refractivity contribution in [2.75, 3.05) is 25.6 Å². The molecule has 0 amide bonds. The van der Waals surface area contributed by atoms with Gasteiger partial charge in [-0.15, -0.1) is 0 Å². The summed E-state index contributed by atoms with van der Waals surface area (Å²) in [5, 5.41) is 2.98. The van der Waals surface area contributed by atoms with E-state index in [1.165, 1.54) is 13.2 Å². The molecule has 3 rings (SSSR count). The van der Waals surface area contributed by atoms with Crippen LogP contribution >= 0.6 is 15.9 Å². The number of allylic oxidation sites excluding steroid dienone is 1. The molecule has 31 heavy (non-hydrogen) atoms. The molecule has 1 aliphatic heterocycles. The number of anilines is 1. The van der Waals surface area contributed by atoms with Crippen LogP contribution in [0.1, 0.15) is 19.4 Å². The number of rotatable bonds is 8. The number of nitrogens with one attached hydrogen (secondary N) is 1. The summed E-state index contributed by atoms with van der Waals surface area (Å²) in [6.45, 7) is 4.15. The normalized spacial score (nSPS) is 14.5. The largest absolute Gasteiger partial charge is 0.493 e. The second-order valence-electron chi connectivity index (χ2n) is 6.32. The number of halogens is 1. The number of benzene rings is 2. The summed E-state index contributed by atoms with van der Waals surface area (Å²) >= 11 is 3.46. The molecule has 0 aromatic heterocycles. The molecule has 0 fully saturated rings. The number of hydrogen-bond acceptors (Lipinski definition) is 7. The monoisotopic (exact) mass is 487 g/mol. The first-order valence-electron chi connectivity index (χ1n) is 9.66. The van der Waals surface area contributed by atoms with Crippen molar-refractivity contribution in [1.29, 1.82) is 0 Å². The van der Waals surface area contributed by atoms with E-state index >= 15 is 0 Å². The molecular formula is C23H22BrNO6. The van der Waals surface area contributed by atoms with E-state index in [1.54, 1.807) is 31.2 Å². The molecular weight excluding hydrogens is 466 g/mol. The van der Waals surface area contributed by atoms with Gasteiger partial charge in [0.15, 0.2) is 22.8 Å². The Labute approximate surface area is 188 Å². The molecule has 0 saturated heterocycles. The summed E-state index contributed by atoms with van der Waals surface area (Å²) < 4.78 is 22.4. The van der Waals surface area contributed by atoms with Gasteiger partial charge >= 0.3 is 5.97 Å². The molecule has 1 aliphatic rings. The molecule has 162 valence electrons. The lowest BCUT2D eigenvalue weighted by molar-refractivity contribution is -0.139. The Hall–Kier alpha value is -3.26. The maximum absolute atomic E-state index is 13.0. The molecule has 0 saturated carbocycles. The molecule has 1 heterocycles. The first kappa shape index (κ1) is 22.4. The lowest BCUT2D eigenvalue weighted by Crippen LogP contribution is -2.16. The number of para-hydroxylation sites is 1. The van der Waals surface area contributed by atoms with E-state index in [4.69, 9.17) is 18.9 Å². The Balaban J connectivity index is 1.97. The second kappa shape index (κ2) is 10.2. The van der Waals surface area contributed by atoms with Gasteiger partial charge in [-0.2, -0.15) is 0 Å². The number of ketones is 1. The van der Waals surface area contributed by atoms with Crippen LogP contribution in [0.25, 0.3) is 6.08 Å². The average molecular weight is 488 g/mol. The van der Waals surface area contributed by atoms with Crippen LogP contribution in [0.3, 0.4) is 0 Å². The van der Waals surface area contributed by atoms with Gasteiger partial charge in [0.25, 0.3) is 0 Å². The van der Waals surface area contributed by atoms with E-state index in [2.05, 4.69) is 21.2 Å². The first-order valence-corrected chi connectivity index (χ1v) is 10.5. The van der Waals surface area contributed by atoms with Crippen LogP contribution < -0.4 is 14.8 Å². The smallest absolute Gasteiger partial charge is 0.347 e. The van der Waals surface area contributed by atoms with Crippen LogP contribution in [-0.2, 0) is 19.1 Å². The predicted octanol–water partition coefficient (Wildman–Crippen LogP) is 4.68. The zero-order valence-corrected chi connectivity index (χ0v) is 18.9. The van der Waals surface area contributed by atoms with Crippen molar-refractivity contribution < 1.29 is 28.5 Å². The average Bonchev–Trinajstić information content (AvgIpc) is 3.05. The molecule has 2 aromatic carbocycles. The summed E-state index contributed by atoms with van der Waals surface area (Å²) in [7, 11) is 1.53. The fraction of sp³-hybridized carbons (Fsp3) is 0.217. The minimum absolute atomic E-state index is 0.0143. The van der Waals surface area contributed by atoms with Gasteiger partial charge < -0.3 is 24.3 Å². The highest BCUT2D eigenvalue weighted by Crippen LogP contribution is 2.38. The summed E-state index contributed by atoms with van der Waals surface area (Å²) in [4.78, 5) is 25.4. The summed E-state index contributed by atoms with van der Waals surface area (Å²) in [6.07, 6.45) is 1.53. The number of esters is 1. The van der Waals surface area contributed by atoms with Crippen molar-refractivity contribution in [3.05, 3.63) is 69.7 Å². The highest BCUT2D eigenvalue weighted by atomic mass is 79.9. The van der Waals surface area contributed by atoms with Crippen LogP contribution in [0.15, 0.2) is 64.2 Å². The minimum atomic E-state index is -0.750. The van der Waals surface area contributed by atoms with Gasteiger partial charge in [-0.25, -0.2) is 4.79 Å². The second-order valence-corrected chi connectivity index (χ2v) is 7.18. The van der Waals surface area contributed by atoms with Crippen LogP contribution in [-0.4, -0.2) is 32.1 Å². The fourth-order valence-corrected chi connectivity index (χ4v) is 3.49. The standard InChI is InChI=1S/C23H22BrNO6/c1-4-29-21-16(24)11-14(13-18(21)28-3)12-17-20(26)19(23(27)30-5-2)22(31-17)25-15-9-7-6-8-10-15/h6-13,25H,4-5H2,1-3H3/b17-12-. The van der Waals surface area contributed by atoms with Crippen molar-refractivity contribution in [2.45, 2.75) is 13.8 Å². The third kappa shape index (κ3) is 5.08. The minimum Gasteiger partial charge on any atom is -0.493 e. The Kier molecular flexibility index (Phi) is 7.36. The van der Waals surface area contributed by atoms with Crippen molar-refractivity contribution >= 4 is 39.4 Å². The van der Waals surface area contributed by atoms with Crippen LogP contribution in [0, 0.1) is 0 Å². The van der Waals surface area contributed by atoms with Gasteiger partial charge in [0.1, 0.15) is 0 Å². The van der Waals surface area contributed by atoms with Gasteiger partial charge in [0.05, 0.1) is 24.8 Å². The number of carbonyl (C=O) groups excluding carboxylic acids is 2. The summed E-state index contributed by atoms with van der Waals surface area (Å²) in [5.74, 6) is -0.254. The molecule has 0 bridgehead atoms.